The molecule has 0 saturated heterocycles. The van der Waals surface area contributed by atoms with Crippen molar-refractivity contribution in [1.29, 1.82) is 0 Å². The number of aliphatic hydroxyl groups excluding tert-OH is 1. The minimum atomic E-state index is -4.15. The Morgan fingerprint density at radius 1 is 1.42 bits per heavy atom. The van der Waals surface area contributed by atoms with Gasteiger partial charge in [-0.05, 0) is 6.92 Å². The first kappa shape index (κ1) is 18.5. The highest BCUT2D eigenvalue weighted by Gasteiger charge is 2.20. The predicted molar refractivity (Wildman–Crippen MR) is 72.7 cm³/mol. The molecule has 0 rings (SSSR count). The van der Waals surface area contributed by atoms with Gasteiger partial charge in [-0.1, -0.05) is 12.2 Å². The van der Waals surface area contributed by atoms with Crippen LogP contribution in [0.3, 0.4) is 0 Å². The highest BCUT2D eigenvalue weighted by atomic mass is 32.2. The molecule has 1 atom stereocenters. The Kier molecular flexibility index (Phi) is 8.44. The molecule has 0 spiro atoms. The van der Waals surface area contributed by atoms with E-state index >= 15 is 0 Å². The molecule has 0 aliphatic carbocycles. The van der Waals surface area contributed by atoms with E-state index in [0.29, 0.717) is 30.6 Å². The monoisotopic (exact) mass is 295 g/mol. The van der Waals surface area contributed by atoms with Gasteiger partial charge >= 0.3 is 0 Å². The molecule has 0 aliphatic heterocycles. The molecule has 0 aliphatic rings. The van der Waals surface area contributed by atoms with Crippen LogP contribution in [0.1, 0.15) is 13.3 Å². The second-order valence-electron chi connectivity index (χ2n) is 5.22. The predicted octanol–water partition coefficient (Wildman–Crippen LogP) is -0.0483. The van der Waals surface area contributed by atoms with Crippen molar-refractivity contribution in [3.63, 3.8) is 0 Å². The van der Waals surface area contributed by atoms with E-state index < -0.39 is 16.2 Å². The molecule has 1 unspecified atom stereocenters. The van der Waals surface area contributed by atoms with Gasteiger partial charge in [-0.15, -0.1) is 0 Å². The van der Waals surface area contributed by atoms with Crippen LogP contribution >= 0.6 is 0 Å². The second-order valence-corrected chi connectivity index (χ2v) is 6.74. The van der Waals surface area contributed by atoms with E-state index in [1.807, 2.05) is 33.2 Å². The van der Waals surface area contributed by atoms with Crippen molar-refractivity contribution < 1.29 is 27.3 Å². The van der Waals surface area contributed by atoms with E-state index in [-0.39, 0.29) is 12.4 Å². The minimum absolute atomic E-state index is 0.242. The summed E-state index contributed by atoms with van der Waals surface area (Å²) in [7, 11) is -0.387. The molecule has 19 heavy (non-hydrogen) atoms. The number of likely N-dealkylation sites (N-methyl/N-ethyl adjacent to an activating group) is 1. The average Bonchev–Trinajstić information content (AvgIpc) is 2.21. The Labute approximate surface area is 116 Å². The van der Waals surface area contributed by atoms with E-state index in [2.05, 4.69) is 0 Å². The zero-order valence-corrected chi connectivity index (χ0v) is 12.7. The molecule has 0 bridgehead atoms. The van der Waals surface area contributed by atoms with Gasteiger partial charge in [-0.2, -0.15) is 0 Å². The highest BCUT2D eigenvalue weighted by molar-refractivity contribution is 7.85. The maximum absolute atomic E-state index is 10.5. The van der Waals surface area contributed by atoms with Gasteiger partial charge in [0, 0.05) is 12.2 Å². The normalized spacial score (nSPS) is 15.0. The van der Waals surface area contributed by atoms with E-state index in [4.69, 9.17) is 4.74 Å². The van der Waals surface area contributed by atoms with Crippen LogP contribution in [-0.4, -0.2) is 74.8 Å². The fourth-order valence-corrected chi connectivity index (χ4v) is 2.23. The smallest absolute Gasteiger partial charge is 0.126 e. The molecule has 0 amide bonds. The lowest BCUT2D eigenvalue weighted by molar-refractivity contribution is -0.893. The molecule has 0 saturated carbocycles. The molecular formula is C12H25NO5S. The van der Waals surface area contributed by atoms with Crippen LogP contribution in [0.4, 0.5) is 0 Å². The fourth-order valence-electron chi connectivity index (χ4n) is 1.75. The van der Waals surface area contributed by atoms with Gasteiger partial charge in [0.1, 0.15) is 12.6 Å². The van der Waals surface area contributed by atoms with Crippen molar-refractivity contribution in [2.24, 2.45) is 0 Å². The third-order valence-corrected chi connectivity index (χ3v) is 3.41. The maximum atomic E-state index is 10.5. The highest BCUT2D eigenvalue weighted by Crippen LogP contribution is 2.04. The summed E-state index contributed by atoms with van der Waals surface area (Å²) in [6.07, 6.45) is 3.41. The first-order valence-electron chi connectivity index (χ1n) is 6.29. The minimum Gasteiger partial charge on any atom is -0.748 e. The summed E-state index contributed by atoms with van der Waals surface area (Å²) < 4.78 is 37.2. The van der Waals surface area contributed by atoms with Crippen LogP contribution < -0.4 is 0 Å². The Hall–Kier alpha value is -0.470. The summed E-state index contributed by atoms with van der Waals surface area (Å²) in [5.74, 6) is -0.359. The molecule has 0 heterocycles. The van der Waals surface area contributed by atoms with Crippen molar-refractivity contribution in [3.8, 4) is 0 Å². The Bertz CT molecular complexity index is 364. The molecule has 114 valence electrons. The lowest BCUT2D eigenvalue weighted by atomic mass is 10.3. The van der Waals surface area contributed by atoms with Crippen LogP contribution in [0.25, 0.3) is 0 Å². The summed E-state index contributed by atoms with van der Waals surface area (Å²) in [5, 5.41) is 9.80. The van der Waals surface area contributed by atoms with Gasteiger partial charge in [0.15, 0.2) is 0 Å². The average molecular weight is 295 g/mol. The van der Waals surface area contributed by atoms with Crippen molar-refractivity contribution in [2.45, 2.75) is 19.4 Å². The molecule has 0 aromatic rings. The summed E-state index contributed by atoms with van der Waals surface area (Å²) >= 11 is 0. The largest absolute Gasteiger partial charge is 0.748 e. The van der Waals surface area contributed by atoms with Gasteiger partial charge < -0.3 is 18.9 Å². The molecule has 1 N–H and O–H groups in total. The second kappa shape index (κ2) is 8.65. The summed E-state index contributed by atoms with van der Waals surface area (Å²) in [4.78, 5) is 0. The first-order chi connectivity index (χ1) is 8.66. The van der Waals surface area contributed by atoms with E-state index in [1.54, 1.807) is 0 Å². The van der Waals surface area contributed by atoms with Crippen molar-refractivity contribution >= 4 is 10.1 Å². The zero-order valence-electron chi connectivity index (χ0n) is 11.9. The molecular weight excluding hydrogens is 270 g/mol. The van der Waals surface area contributed by atoms with E-state index in [9.17, 15) is 18.1 Å². The van der Waals surface area contributed by atoms with Gasteiger partial charge in [0.25, 0.3) is 0 Å². The zero-order chi connectivity index (χ0) is 14.9. The SMILES string of the molecule is CC=CCOCC(O)C[N+](C)(C)CCCS(=O)(=O)[O-]. The number of nitrogens with zero attached hydrogens (tertiary/aromatic N) is 1. The summed E-state index contributed by atoms with van der Waals surface area (Å²) in [5.41, 5.74) is 0. The van der Waals surface area contributed by atoms with Crippen LogP contribution in [0.2, 0.25) is 0 Å². The third-order valence-electron chi connectivity index (χ3n) is 2.62. The summed E-state index contributed by atoms with van der Waals surface area (Å²) in [6.45, 7) is 3.58. The topological polar surface area (TPSA) is 86.7 Å². The van der Waals surface area contributed by atoms with Crippen molar-refractivity contribution in [1.82, 2.24) is 0 Å². The van der Waals surface area contributed by atoms with Gasteiger partial charge in [-0.3, -0.25) is 0 Å². The fraction of sp³-hybridized carbons (Fsp3) is 0.833. The van der Waals surface area contributed by atoms with Crippen LogP contribution in [0.5, 0.6) is 0 Å². The Morgan fingerprint density at radius 2 is 2.05 bits per heavy atom. The molecule has 7 heteroatoms. The standard InChI is InChI=1S/C12H25NO5S/c1-4-5-8-18-11-12(14)10-13(2,3)7-6-9-19(15,16)17/h4-5,12,14H,6-11H2,1-3H3. The lowest BCUT2D eigenvalue weighted by Gasteiger charge is -2.32. The number of ether oxygens (including phenoxy) is 1. The number of hydrogen-bond donors (Lipinski definition) is 1. The Balaban J connectivity index is 3.93. The van der Waals surface area contributed by atoms with Crippen molar-refractivity contribution in [2.75, 3.05) is 46.2 Å². The third kappa shape index (κ3) is 12.3. The number of quaternary nitrogens is 1. The van der Waals surface area contributed by atoms with E-state index in [0.717, 1.165) is 0 Å². The Morgan fingerprint density at radius 3 is 2.58 bits per heavy atom. The molecule has 6 nitrogen and oxygen atoms in total. The number of allylic oxidation sites excluding steroid dienone is 1. The maximum Gasteiger partial charge on any atom is 0.126 e. The number of hydrogen-bond acceptors (Lipinski definition) is 5. The van der Waals surface area contributed by atoms with Crippen LogP contribution in [-0.2, 0) is 14.9 Å². The molecule has 0 radical (unpaired) electrons. The number of aliphatic hydroxyl groups is 1. The molecule has 0 fully saturated rings. The van der Waals surface area contributed by atoms with Crippen molar-refractivity contribution in [3.05, 3.63) is 12.2 Å². The van der Waals surface area contributed by atoms with Crippen LogP contribution in [0, 0.1) is 0 Å². The molecule has 0 aromatic carbocycles. The molecule has 0 aromatic heterocycles. The van der Waals surface area contributed by atoms with Gasteiger partial charge in [0.05, 0.1) is 44.0 Å². The van der Waals surface area contributed by atoms with E-state index in [1.165, 1.54) is 0 Å². The lowest BCUT2D eigenvalue weighted by Crippen LogP contribution is -2.47. The van der Waals surface area contributed by atoms with Gasteiger partial charge in [0.2, 0.25) is 0 Å². The summed E-state index contributed by atoms with van der Waals surface area (Å²) in [6, 6.07) is 0. The quantitative estimate of drug-likeness (QED) is 0.264. The first-order valence-corrected chi connectivity index (χ1v) is 7.86. The van der Waals surface area contributed by atoms with Crippen LogP contribution in [0.15, 0.2) is 12.2 Å². The number of rotatable bonds is 10. The van der Waals surface area contributed by atoms with Gasteiger partial charge in [-0.25, -0.2) is 8.42 Å².